The molecule has 1 aromatic carbocycles. The van der Waals surface area contributed by atoms with Gasteiger partial charge >= 0.3 is 0 Å². The lowest BCUT2D eigenvalue weighted by Gasteiger charge is -2.10. The van der Waals surface area contributed by atoms with Crippen LogP contribution in [-0.4, -0.2) is 16.0 Å². The molecular weight excluding hydrogens is 290 g/mol. The Hall–Kier alpha value is -2.95. The molecule has 0 aliphatic rings. The Kier molecular flexibility index (Phi) is 3.93. The fourth-order valence-corrected chi connectivity index (χ4v) is 2.51. The monoisotopic (exact) mass is 307 g/mol. The highest BCUT2D eigenvalue weighted by molar-refractivity contribution is 6.03. The van der Waals surface area contributed by atoms with Gasteiger partial charge in [-0.25, -0.2) is 0 Å². The topological polar surface area (TPSA) is 68.0 Å². The van der Waals surface area contributed by atoms with Gasteiger partial charge in [0.25, 0.3) is 5.91 Å². The van der Waals surface area contributed by atoms with Gasteiger partial charge < -0.3 is 9.84 Å². The van der Waals surface area contributed by atoms with E-state index in [2.05, 4.69) is 15.5 Å². The van der Waals surface area contributed by atoms with Crippen molar-refractivity contribution in [2.45, 2.75) is 20.8 Å². The lowest BCUT2D eigenvalue weighted by Crippen LogP contribution is -2.13. The zero-order valence-electron chi connectivity index (χ0n) is 13.3. The van der Waals surface area contributed by atoms with E-state index in [0.29, 0.717) is 11.4 Å². The Morgan fingerprint density at radius 3 is 2.52 bits per heavy atom. The van der Waals surface area contributed by atoms with Crippen LogP contribution < -0.4 is 5.32 Å². The smallest absolute Gasteiger partial charge is 0.294 e. The van der Waals surface area contributed by atoms with Gasteiger partial charge in [-0.15, -0.1) is 0 Å². The van der Waals surface area contributed by atoms with Gasteiger partial charge in [-0.2, -0.15) is 0 Å². The summed E-state index contributed by atoms with van der Waals surface area (Å²) in [4.78, 5) is 16.7. The normalized spacial score (nSPS) is 10.6. The predicted octanol–water partition coefficient (Wildman–Crippen LogP) is 3.91. The van der Waals surface area contributed by atoms with E-state index >= 15 is 0 Å². The van der Waals surface area contributed by atoms with Crippen molar-refractivity contribution < 1.29 is 9.32 Å². The van der Waals surface area contributed by atoms with E-state index in [0.717, 1.165) is 22.5 Å². The van der Waals surface area contributed by atoms with Gasteiger partial charge in [-0.05, 0) is 32.4 Å². The molecule has 5 nitrogen and oxygen atoms in total. The number of benzene rings is 1. The summed E-state index contributed by atoms with van der Waals surface area (Å²) in [6.07, 6.45) is 0. The number of carbonyl (C=O) groups is 1. The second kappa shape index (κ2) is 6.04. The molecule has 0 unspecified atom stereocenters. The van der Waals surface area contributed by atoms with E-state index in [4.69, 9.17) is 4.52 Å². The maximum atomic E-state index is 12.4. The van der Waals surface area contributed by atoms with Crippen molar-refractivity contribution in [2.24, 2.45) is 0 Å². The second-order valence-electron chi connectivity index (χ2n) is 5.44. The van der Waals surface area contributed by atoms with E-state index in [1.54, 1.807) is 6.07 Å². The number of carbonyl (C=O) groups excluding carboxylic acids is 1. The molecule has 0 fully saturated rings. The largest absolute Gasteiger partial charge is 0.350 e. The molecule has 3 aromatic rings. The molecule has 0 aliphatic heterocycles. The van der Waals surface area contributed by atoms with Crippen molar-refractivity contribution in [3.63, 3.8) is 0 Å². The maximum absolute atomic E-state index is 12.4. The third-order valence-electron chi connectivity index (χ3n) is 3.57. The minimum absolute atomic E-state index is 0.170. The first-order valence-corrected chi connectivity index (χ1v) is 7.33. The van der Waals surface area contributed by atoms with Gasteiger partial charge in [0, 0.05) is 17.3 Å². The lowest BCUT2D eigenvalue weighted by atomic mass is 10.1. The molecule has 23 heavy (non-hydrogen) atoms. The van der Waals surface area contributed by atoms with Crippen LogP contribution in [0.1, 0.15) is 27.5 Å². The molecule has 5 heteroatoms. The van der Waals surface area contributed by atoms with Crippen LogP contribution in [0.15, 0.2) is 47.0 Å². The van der Waals surface area contributed by atoms with Crippen molar-refractivity contribution in [2.75, 3.05) is 5.32 Å². The van der Waals surface area contributed by atoms with Crippen molar-refractivity contribution >= 4 is 11.6 Å². The molecule has 0 saturated carbocycles. The molecule has 1 amide bonds. The van der Waals surface area contributed by atoms with Gasteiger partial charge in [0.1, 0.15) is 5.69 Å². The Bertz CT molecular complexity index is 831. The molecule has 2 heterocycles. The first kappa shape index (κ1) is 15.0. The molecule has 0 atom stereocenters. The summed E-state index contributed by atoms with van der Waals surface area (Å²) in [6, 6.07) is 13.1. The summed E-state index contributed by atoms with van der Waals surface area (Å²) in [5.41, 5.74) is 4.90. The Balaban J connectivity index is 1.84. The third-order valence-corrected chi connectivity index (χ3v) is 3.57. The molecule has 0 radical (unpaired) electrons. The summed E-state index contributed by atoms with van der Waals surface area (Å²) in [6.45, 7) is 5.73. The number of hydrogen-bond acceptors (Lipinski definition) is 4. The first-order valence-electron chi connectivity index (χ1n) is 7.33. The Labute approximate surface area is 134 Å². The van der Waals surface area contributed by atoms with Gasteiger partial charge in [0.15, 0.2) is 0 Å². The minimum atomic E-state index is -0.337. The van der Waals surface area contributed by atoms with Crippen LogP contribution in [0.4, 0.5) is 5.69 Å². The number of rotatable bonds is 3. The first-order chi connectivity index (χ1) is 11.0. The average Bonchev–Trinajstić information content (AvgIpc) is 3.01. The molecule has 2 aromatic heterocycles. The molecule has 0 aliphatic carbocycles. The number of amides is 1. The van der Waals surface area contributed by atoms with E-state index in [-0.39, 0.29) is 11.7 Å². The van der Waals surface area contributed by atoms with Crippen molar-refractivity contribution in [3.8, 4) is 11.3 Å². The van der Waals surface area contributed by atoms with Crippen LogP contribution in [0, 0.1) is 20.8 Å². The maximum Gasteiger partial charge on any atom is 0.294 e. The van der Waals surface area contributed by atoms with Crippen LogP contribution in [0.2, 0.25) is 0 Å². The van der Waals surface area contributed by atoms with Crippen LogP contribution in [0.5, 0.6) is 0 Å². The lowest BCUT2D eigenvalue weighted by molar-refractivity contribution is 0.0987. The highest BCUT2D eigenvalue weighted by atomic mass is 16.5. The van der Waals surface area contributed by atoms with Crippen LogP contribution in [-0.2, 0) is 0 Å². The van der Waals surface area contributed by atoms with E-state index in [1.165, 1.54) is 0 Å². The summed E-state index contributed by atoms with van der Waals surface area (Å²) in [7, 11) is 0. The Morgan fingerprint density at radius 1 is 1.09 bits per heavy atom. The van der Waals surface area contributed by atoms with Crippen LogP contribution >= 0.6 is 0 Å². The zero-order chi connectivity index (χ0) is 16.4. The molecule has 116 valence electrons. The molecule has 0 saturated heterocycles. The molecular formula is C18H17N3O2. The predicted molar refractivity (Wildman–Crippen MR) is 88.3 cm³/mol. The fourth-order valence-electron chi connectivity index (χ4n) is 2.51. The molecule has 1 N–H and O–H groups in total. The van der Waals surface area contributed by atoms with Gasteiger partial charge in [-0.3, -0.25) is 9.78 Å². The number of hydrogen-bond donors (Lipinski definition) is 1. The third kappa shape index (κ3) is 3.13. The molecule has 0 bridgehead atoms. The highest BCUT2D eigenvalue weighted by Crippen LogP contribution is 2.22. The van der Waals surface area contributed by atoms with Gasteiger partial charge in [0.2, 0.25) is 5.76 Å². The van der Waals surface area contributed by atoms with Crippen molar-refractivity contribution in [3.05, 3.63) is 65.2 Å². The second-order valence-corrected chi connectivity index (χ2v) is 5.44. The molecule has 3 rings (SSSR count). The zero-order valence-corrected chi connectivity index (χ0v) is 13.3. The Morgan fingerprint density at radius 2 is 1.83 bits per heavy atom. The summed E-state index contributed by atoms with van der Waals surface area (Å²) in [5, 5.41) is 6.81. The number of nitrogens with one attached hydrogen (secondary N) is 1. The van der Waals surface area contributed by atoms with Crippen molar-refractivity contribution in [1.82, 2.24) is 10.1 Å². The highest BCUT2D eigenvalue weighted by Gasteiger charge is 2.16. The van der Waals surface area contributed by atoms with Crippen LogP contribution in [0.3, 0.4) is 0 Å². The minimum Gasteiger partial charge on any atom is -0.350 e. The number of anilines is 1. The fraction of sp³-hybridized carbons (Fsp3) is 0.167. The average molecular weight is 307 g/mol. The number of pyridine rings is 1. The number of nitrogens with zero attached hydrogens (tertiary/aromatic N) is 2. The van der Waals surface area contributed by atoms with Gasteiger partial charge in [-0.1, -0.05) is 35.5 Å². The van der Waals surface area contributed by atoms with Crippen molar-refractivity contribution in [1.29, 1.82) is 0 Å². The summed E-state index contributed by atoms with van der Waals surface area (Å²) >= 11 is 0. The van der Waals surface area contributed by atoms with Gasteiger partial charge in [0.05, 0.1) is 11.4 Å². The summed E-state index contributed by atoms with van der Waals surface area (Å²) in [5.74, 6) is -0.167. The quantitative estimate of drug-likeness (QED) is 0.796. The van der Waals surface area contributed by atoms with E-state index in [1.807, 2.05) is 57.2 Å². The number of aryl methyl sites for hydroxylation is 3. The van der Waals surface area contributed by atoms with Crippen LogP contribution in [0.25, 0.3) is 11.3 Å². The standard InChI is InChI=1S/C18H17N3O2/c1-11-9-12(2)19-13(3)17(11)20-18(22)16-10-15(21-23-16)14-7-5-4-6-8-14/h4-10H,1-3H3,(H,20,22). The van der Waals surface area contributed by atoms with E-state index < -0.39 is 0 Å². The molecule has 0 spiro atoms. The van der Waals surface area contributed by atoms with E-state index in [9.17, 15) is 4.79 Å². The number of aromatic nitrogens is 2. The summed E-state index contributed by atoms with van der Waals surface area (Å²) < 4.78 is 5.17. The SMILES string of the molecule is Cc1cc(C)c(NC(=O)c2cc(-c3ccccc3)no2)c(C)n1.